The monoisotopic (exact) mass is 314 g/mol. The molecule has 1 aromatic rings. The van der Waals surface area contributed by atoms with Crippen LogP contribution < -0.4 is 10.6 Å². The summed E-state index contributed by atoms with van der Waals surface area (Å²) in [5, 5.41) is 6.81. The maximum atomic E-state index is 5.15. The number of thiocarbonyl (C=S) groups is 1. The average Bonchev–Trinajstić information content (AvgIpc) is 2.32. The van der Waals surface area contributed by atoms with E-state index in [0.717, 1.165) is 23.1 Å². The molecule has 0 aliphatic heterocycles. The van der Waals surface area contributed by atoms with Gasteiger partial charge in [0.2, 0.25) is 0 Å². The molecule has 0 radical (unpaired) electrons. The Bertz CT molecular complexity index is 367. The molecule has 0 saturated heterocycles. The van der Waals surface area contributed by atoms with Crippen LogP contribution in [0.25, 0.3) is 0 Å². The molecule has 92 valence electrons. The number of benzene rings is 1. The normalized spacial score (nSPS) is 9.47. The number of rotatable bonds is 6. The summed E-state index contributed by atoms with van der Waals surface area (Å²) in [4.78, 5) is 0. The Kier molecular flexibility index (Phi) is 6.65. The van der Waals surface area contributed by atoms with E-state index in [1.165, 1.54) is 6.26 Å². The first-order valence-corrected chi connectivity index (χ1v) is 6.45. The zero-order valence-electron chi connectivity index (χ0n) is 9.41. The maximum absolute atomic E-state index is 5.15. The van der Waals surface area contributed by atoms with Gasteiger partial charge in [-0.15, -0.1) is 0 Å². The molecule has 17 heavy (non-hydrogen) atoms. The molecule has 0 heterocycles. The lowest BCUT2D eigenvalue weighted by Gasteiger charge is -2.10. The molecule has 0 spiro atoms. The van der Waals surface area contributed by atoms with Gasteiger partial charge in [-0.1, -0.05) is 22.5 Å². The average molecular weight is 315 g/mol. The number of ether oxygens (including phenoxy) is 1. The number of nitrogens with one attached hydrogen (secondary N) is 2. The second-order valence-corrected chi connectivity index (χ2v) is 4.60. The summed E-state index contributed by atoms with van der Waals surface area (Å²) in [7, 11) is 0. The summed E-state index contributed by atoms with van der Waals surface area (Å²) in [5.41, 5.74) is 0.966. The van der Waals surface area contributed by atoms with E-state index >= 15 is 0 Å². The Morgan fingerprint density at radius 1 is 1.41 bits per heavy atom. The Labute approximate surface area is 115 Å². The molecule has 0 aromatic heterocycles. The van der Waals surface area contributed by atoms with Crippen molar-refractivity contribution < 1.29 is 4.74 Å². The second kappa shape index (κ2) is 8.08. The van der Waals surface area contributed by atoms with Gasteiger partial charge in [-0.3, -0.25) is 0 Å². The van der Waals surface area contributed by atoms with Crippen molar-refractivity contribution >= 4 is 38.9 Å². The van der Waals surface area contributed by atoms with Gasteiger partial charge in [0.25, 0.3) is 0 Å². The summed E-state index contributed by atoms with van der Waals surface area (Å²) in [6.45, 7) is 4.90. The third-order valence-corrected chi connectivity index (χ3v) is 2.72. The topological polar surface area (TPSA) is 33.3 Å². The molecule has 0 aliphatic rings. The van der Waals surface area contributed by atoms with E-state index in [2.05, 4.69) is 33.1 Å². The van der Waals surface area contributed by atoms with Crippen molar-refractivity contribution in [3.63, 3.8) is 0 Å². The fourth-order valence-corrected chi connectivity index (χ4v) is 1.63. The van der Waals surface area contributed by atoms with Crippen molar-refractivity contribution in [3.05, 3.63) is 41.6 Å². The van der Waals surface area contributed by atoms with Crippen molar-refractivity contribution in [3.8, 4) is 0 Å². The second-order valence-electron chi connectivity index (χ2n) is 3.28. The molecule has 0 aliphatic carbocycles. The van der Waals surface area contributed by atoms with Crippen LogP contribution in [0.4, 0.5) is 5.69 Å². The van der Waals surface area contributed by atoms with Gasteiger partial charge in [0.1, 0.15) is 0 Å². The summed E-state index contributed by atoms with van der Waals surface area (Å²) in [6, 6.07) is 7.84. The number of halogens is 1. The van der Waals surface area contributed by atoms with Gasteiger partial charge < -0.3 is 15.4 Å². The van der Waals surface area contributed by atoms with Gasteiger partial charge in [0.15, 0.2) is 5.11 Å². The van der Waals surface area contributed by atoms with Crippen LogP contribution in [0.5, 0.6) is 0 Å². The smallest absolute Gasteiger partial charge is 0.170 e. The largest absolute Gasteiger partial charge is 0.502 e. The lowest BCUT2D eigenvalue weighted by Crippen LogP contribution is -2.29. The minimum atomic E-state index is 0.617. The number of hydrogen-bond acceptors (Lipinski definition) is 2. The Balaban J connectivity index is 2.20. The van der Waals surface area contributed by atoms with Crippen LogP contribution in [0.1, 0.15) is 6.42 Å². The summed E-state index contributed by atoms with van der Waals surface area (Å²) in [6.07, 6.45) is 2.33. The fourth-order valence-electron chi connectivity index (χ4n) is 1.15. The van der Waals surface area contributed by atoms with Crippen LogP contribution in [0.3, 0.4) is 0 Å². The Hall–Kier alpha value is -1.07. The van der Waals surface area contributed by atoms with E-state index in [1.54, 1.807) is 0 Å². The molecular weight excluding hydrogens is 300 g/mol. The van der Waals surface area contributed by atoms with Crippen molar-refractivity contribution in [2.45, 2.75) is 6.42 Å². The number of anilines is 1. The van der Waals surface area contributed by atoms with Crippen molar-refractivity contribution in [2.24, 2.45) is 0 Å². The standard InChI is InChI=1S/C12H15BrN2OS/c1-2-16-9-3-8-14-12(17)15-11-6-4-10(13)5-7-11/h2,4-7H,1,3,8-9H2,(H2,14,15,17). The van der Waals surface area contributed by atoms with E-state index in [9.17, 15) is 0 Å². The van der Waals surface area contributed by atoms with Crippen LogP contribution in [-0.4, -0.2) is 18.3 Å². The van der Waals surface area contributed by atoms with Gasteiger partial charge in [-0.25, -0.2) is 0 Å². The fraction of sp³-hybridized carbons (Fsp3) is 0.250. The number of hydrogen-bond donors (Lipinski definition) is 2. The highest BCUT2D eigenvalue weighted by molar-refractivity contribution is 9.10. The third kappa shape index (κ3) is 6.28. The van der Waals surface area contributed by atoms with E-state index < -0.39 is 0 Å². The first-order valence-electron chi connectivity index (χ1n) is 5.25. The van der Waals surface area contributed by atoms with Crippen LogP contribution in [-0.2, 0) is 4.74 Å². The molecule has 0 saturated carbocycles. The molecule has 2 N–H and O–H groups in total. The van der Waals surface area contributed by atoms with E-state index in [0.29, 0.717) is 11.7 Å². The highest BCUT2D eigenvalue weighted by Crippen LogP contribution is 2.13. The molecule has 0 unspecified atom stereocenters. The van der Waals surface area contributed by atoms with Crippen LogP contribution in [0, 0.1) is 0 Å². The zero-order chi connectivity index (χ0) is 12.5. The molecule has 3 nitrogen and oxygen atoms in total. The van der Waals surface area contributed by atoms with Crippen LogP contribution >= 0.6 is 28.1 Å². The van der Waals surface area contributed by atoms with Crippen LogP contribution in [0.2, 0.25) is 0 Å². The highest BCUT2D eigenvalue weighted by atomic mass is 79.9. The summed E-state index contributed by atoms with van der Waals surface area (Å²) < 4.78 is 6.05. The predicted octanol–water partition coefficient (Wildman–Crippen LogP) is 3.29. The first kappa shape index (κ1) is 14.0. The zero-order valence-corrected chi connectivity index (χ0v) is 11.8. The molecule has 0 atom stereocenters. The van der Waals surface area contributed by atoms with Crippen molar-refractivity contribution in [1.82, 2.24) is 5.32 Å². The molecule has 0 bridgehead atoms. The van der Waals surface area contributed by atoms with Gasteiger partial charge in [0.05, 0.1) is 12.9 Å². The predicted molar refractivity (Wildman–Crippen MR) is 79.1 cm³/mol. The third-order valence-electron chi connectivity index (χ3n) is 1.94. The van der Waals surface area contributed by atoms with E-state index in [1.807, 2.05) is 24.3 Å². The summed E-state index contributed by atoms with van der Waals surface area (Å²) >= 11 is 8.53. The highest BCUT2D eigenvalue weighted by Gasteiger charge is 1.96. The van der Waals surface area contributed by atoms with Gasteiger partial charge in [-0.2, -0.15) is 0 Å². The molecule has 1 aromatic carbocycles. The first-order chi connectivity index (χ1) is 8.22. The SMILES string of the molecule is C=COCCCNC(=S)Nc1ccc(Br)cc1. The Morgan fingerprint density at radius 2 is 2.12 bits per heavy atom. The minimum absolute atomic E-state index is 0.617. The van der Waals surface area contributed by atoms with Crippen molar-refractivity contribution in [1.29, 1.82) is 0 Å². The van der Waals surface area contributed by atoms with Gasteiger partial charge in [-0.05, 0) is 42.9 Å². The lowest BCUT2D eigenvalue weighted by atomic mass is 10.3. The van der Waals surface area contributed by atoms with E-state index in [-0.39, 0.29) is 0 Å². The van der Waals surface area contributed by atoms with Crippen LogP contribution in [0.15, 0.2) is 41.6 Å². The lowest BCUT2D eigenvalue weighted by molar-refractivity contribution is 0.247. The van der Waals surface area contributed by atoms with Gasteiger partial charge >= 0.3 is 0 Å². The molecular formula is C12H15BrN2OS. The molecule has 0 fully saturated rings. The van der Waals surface area contributed by atoms with E-state index in [4.69, 9.17) is 17.0 Å². The summed E-state index contributed by atoms with van der Waals surface area (Å²) in [5.74, 6) is 0. The minimum Gasteiger partial charge on any atom is -0.502 e. The molecule has 0 amide bonds. The quantitative estimate of drug-likeness (QED) is 0.479. The van der Waals surface area contributed by atoms with Gasteiger partial charge in [0, 0.05) is 16.7 Å². The maximum Gasteiger partial charge on any atom is 0.170 e. The van der Waals surface area contributed by atoms with Crippen molar-refractivity contribution in [2.75, 3.05) is 18.5 Å². The molecule has 1 rings (SSSR count). The molecule has 5 heteroatoms. The Morgan fingerprint density at radius 3 is 2.76 bits per heavy atom.